The molecule has 27 heavy (non-hydrogen) atoms. The molecule has 0 atom stereocenters. The number of halogens is 2. The van der Waals surface area contributed by atoms with Crippen LogP contribution in [-0.2, 0) is 4.74 Å². The van der Waals surface area contributed by atoms with Gasteiger partial charge in [0.05, 0.1) is 35.9 Å². The summed E-state index contributed by atoms with van der Waals surface area (Å²) in [7, 11) is 1.48. The van der Waals surface area contributed by atoms with E-state index in [-0.39, 0.29) is 10.6 Å². The molecule has 3 rings (SSSR count). The van der Waals surface area contributed by atoms with Gasteiger partial charge < -0.3 is 18.9 Å². The van der Waals surface area contributed by atoms with E-state index in [9.17, 15) is 9.59 Å². The number of carbonyl (C=O) groups is 2. The van der Waals surface area contributed by atoms with Gasteiger partial charge in [0.2, 0.25) is 0 Å². The Hall–Kier alpha value is -2.44. The number of fused-ring (bicyclic) bond motifs is 1. The van der Waals surface area contributed by atoms with Gasteiger partial charge in [0.15, 0.2) is 23.9 Å². The summed E-state index contributed by atoms with van der Waals surface area (Å²) in [5, 5.41) is 0.541. The quantitative estimate of drug-likeness (QED) is 0.543. The molecule has 0 fully saturated rings. The highest BCUT2D eigenvalue weighted by Gasteiger charge is 2.20. The highest BCUT2D eigenvalue weighted by Crippen LogP contribution is 2.38. The maximum Gasteiger partial charge on any atom is 0.338 e. The van der Waals surface area contributed by atoms with Gasteiger partial charge in [-0.05, 0) is 30.3 Å². The maximum absolute atomic E-state index is 12.3. The van der Waals surface area contributed by atoms with Crippen molar-refractivity contribution in [1.29, 1.82) is 0 Å². The van der Waals surface area contributed by atoms with Crippen LogP contribution in [-0.4, -0.2) is 38.7 Å². The average molecular weight is 411 g/mol. The smallest absolute Gasteiger partial charge is 0.338 e. The number of ether oxygens (including phenoxy) is 4. The standard InChI is InChI=1S/C19H16Cl2O6/c1-24-16-4-3-11(7-13(16)20)15(22)10-27-19(23)12-8-14(21)18-17(9-12)25-5-2-6-26-18/h3-4,7-9H,2,5-6,10H2,1H3. The van der Waals surface area contributed by atoms with E-state index in [1.807, 2.05) is 0 Å². The minimum Gasteiger partial charge on any atom is -0.495 e. The van der Waals surface area contributed by atoms with Gasteiger partial charge >= 0.3 is 5.97 Å². The molecule has 0 aromatic heterocycles. The Morgan fingerprint density at radius 1 is 1.04 bits per heavy atom. The third-order valence-corrected chi connectivity index (χ3v) is 4.42. The molecule has 6 nitrogen and oxygen atoms in total. The molecule has 2 aromatic carbocycles. The molecule has 0 bridgehead atoms. The zero-order valence-electron chi connectivity index (χ0n) is 14.4. The fraction of sp³-hybridized carbons (Fsp3) is 0.263. The Kier molecular flexibility index (Phi) is 6.08. The third kappa shape index (κ3) is 4.46. The van der Waals surface area contributed by atoms with Gasteiger partial charge in [-0.3, -0.25) is 4.79 Å². The molecule has 0 spiro atoms. The number of carbonyl (C=O) groups excluding carboxylic acids is 2. The van der Waals surface area contributed by atoms with Crippen LogP contribution in [0.25, 0.3) is 0 Å². The number of hydrogen-bond donors (Lipinski definition) is 0. The minimum atomic E-state index is -0.694. The largest absolute Gasteiger partial charge is 0.495 e. The van der Waals surface area contributed by atoms with Crippen molar-refractivity contribution >= 4 is 35.0 Å². The van der Waals surface area contributed by atoms with Crippen molar-refractivity contribution in [3.05, 3.63) is 51.5 Å². The molecule has 142 valence electrons. The lowest BCUT2D eigenvalue weighted by Gasteiger charge is -2.11. The van der Waals surface area contributed by atoms with Gasteiger partial charge in [0.25, 0.3) is 0 Å². The molecule has 0 aliphatic carbocycles. The number of rotatable bonds is 5. The van der Waals surface area contributed by atoms with E-state index in [4.69, 9.17) is 42.1 Å². The first-order valence-corrected chi connectivity index (χ1v) is 8.88. The summed E-state index contributed by atoms with van der Waals surface area (Å²) >= 11 is 12.2. The van der Waals surface area contributed by atoms with Crippen LogP contribution in [0.1, 0.15) is 27.1 Å². The monoisotopic (exact) mass is 410 g/mol. The lowest BCUT2D eigenvalue weighted by molar-refractivity contribution is 0.0474. The summed E-state index contributed by atoms with van der Waals surface area (Å²) in [6.45, 7) is 0.502. The fourth-order valence-corrected chi connectivity index (χ4v) is 3.01. The summed E-state index contributed by atoms with van der Waals surface area (Å²) in [4.78, 5) is 24.5. The van der Waals surface area contributed by atoms with Gasteiger partial charge in [-0.15, -0.1) is 0 Å². The third-order valence-electron chi connectivity index (χ3n) is 3.85. The topological polar surface area (TPSA) is 71.1 Å². The predicted molar refractivity (Wildman–Crippen MR) is 99.7 cm³/mol. The Balaban J connectivity index is 1.69. The molecule has 1 heterocycles. The number of ketones is 1. The highest BCUT2D eigenvalue weighted by atomic mass is 35.5. The van der Waals surface area contributed by atoms with Crippen LogP contribution >= 0.6 is 23.2 Å². The van der Waals surface area contributed by atoms with E-state index in [2.05, 4.69) is 0 Å². The summed E-state index contributed by atoms with van der Waals surface area (Å²) in [6.07, 6.45) is 0.712. The molecule has 0 radical (unpaired) electrons. The lowest BCUT2D eigenvalue weighted by atomic mass is 10.1. The van der Waals surface area contributed by atoms with E-state index in [1.165, 1.54) is 25.3 Å². The normalized spacial score (nSPS) is 12.9. The van der Waals surface area contributed by atoms with Gasteiger partial charge in [-0.2, -0.15) is 0 Å². The minimum absolute atomic E-state index is 0.171. The Morgan fingerprint density at radius 2 is 1.78 bits per heavy atom. The summed E-state index contributed by atoms with van der Waals surface area (Å²) in [5.41, 5.74) is 0.482. The SMILES string of the molecule is COc1ccc(C(=O)COC(=O)c2cc(Cl)c3c(c2)OCCCO3)cc1Cl. The summed E-state index contributed by atoms with van der Waals surface area (Å²) < 4.78 is 21.2. The fourth-order valence-electron chi connectivity index (χ4n) is 2.49. The van der Waals surface area contributed by atoms with Crippen molar-refractivity contribution in [3.63, 3.8) is 0 Å². The van der Waals surface area contributed by atoms with Crippen LogP contribution in [0.2, 0.25) is 10.0 Å². The van der Waals surface area contributed by atoms with Crippen molar-refractivity contribution in [2.24, 2.45) is 0 Å². The number of methoxy groups -OCH3 is 1. The zero-order valence-corrected chi connectivity index (χ0v) is 15.9. The highest BCUT2D eigenvalue weighted by molar-refractivity contribution is 6.33. The van der Waals surface area contributed by atoms with Crippen molar-refractivity contribution < 1.29 is 28.5 Å². The number of Topliss-reactive ketones (excluding diaryl/α,β-unsaturated/α-hetero) is 1. The second-order valence-corrected chi connectivity index (χ2v) is 6.50. The maximum atomic E-state index is 12.3. The van der Waals surface area contributed by atoms with Gasteiger partial charge in [-0.25, -0.2) is 4.79 Å². The number of benzene rings is 2. The second kappa shape index (κ2) is 8.50. The molecule has 1 aliphatic rings. The van der Waals surface area contributed by atoms with E-state index in [0.29, 0.717) is 47.5 Å². The van der Waals surface area contributed by atoms with Crippen LogP contribution < -0.4 is 14.2 Å². The molecule has 0 saturated carbocycles. The molecule has 1 aliphatic heterocycles. The Labute approximate surface area is 165 Å². The zero-order chi connectivity index (χ0) is 19.4. The summed E-state index contributed by atoms with van der Waals surface area (Å²) in [6, 6.07) is 7.49. The number of hydrogen-bond acceptors (Lipinski definition) is 6. The molecule has 0 N–H and O–H groups in total. The van der Waals surface area contributed by atoms with Crippen LogP contribution in [0.15, 0.2) is 30.3 Å². The second-order valence-electron chi connectivity index (χ2n) is 5.68. The van der Waals surface area contributed by atoms with Crippen molar-refractivity contribution in [3.8, 4) is 17.2 Å². The van der Waals surface area contributed by atoms with Crippen molar-refractivity contribution in [2.45, 2.75) is 6.42 Å². The first-order chi connectivity index (χ1) is 13.0. The molecular formula is C19H16Cl2O6. The first kappa shape index (κ1) is 19.3. The van der Waals surface area contributed by atoms with Crippen LogP contribution in [0.4, 0.5) is 0 Å². The molecule has 2 aromatic rings. The van der Waals surface area contributed by atoms with E-state index >= 15 is 0 Å². The summed E-state index contributed by atoms with van der Waals surface area (Å²) in [5.74, 6) is 0.135. The van der Waals surface area contributed by atoms with Crippen LogP contribution in [0.5, 0.6) is 17.2 Å². The Bertz CT molecular complexity index is 881. The van der Waals surface area contributed by atoms with E-state index in [1.54, 1.807) is 12.1 Å². The van der Waals surface area contributed by atoms with Crippen molar-refractivity contribution in [1.82, 2.24) is 0 Å². The molecule has 8 heteroatoms. The molecule has 0 amide bonds. The number of esters is 1. The van der Waals surface area contributed by atoms with Gasteiger partial charge in [0, 0.05) is 12.0 Å². The predicted octanol–water partition coefficient (Wildman–Crippen LogP) is 4.20. The van der Waals surface area contributed by atoms with E-state index < -0.39 is 18.4 Å². The van der Waals surface area contributed by atoms with E-state index in [0.717, 1.165) is 0 Å². The van der Waals surface area contributed by atoms with Crippen LogP contribution in [0.3, 0.4) is 0 Å². The lowest BCUT2D eigenvalue weighted by Crippen LogP contribution is -2.14. The van der Waals surface area contributed by atoms with Gasteiger partial charge in [-0.1, -0.05) is 23.2 Å². The molecule has 0 saturated heterocycles. The van der Waals surface area contributed by atoms with Crippen molar-refractivity contribution in [2.75, 3.05) is 26.9 Å². The molecular weight excluding hydrogens is 395 g/mol. The van der Waals surface area contributed by atoms with Gasteiger partial charge in [0.1, 0.15) is 5.75 Å². The Morgan fingerprint density at radius 3 is 2.52 bits per heavy atom. The molecule has 0 unspecified atom stereocenters. The first-order valence-electron chi connectivity index (χ1n) is 8.12. The van der Waals surface area contributed by atoms with Crippen LogP contribution in [0, 0.1) is 0 Å². The average Bonchev–Trinajstić information content (AvgIpc) is 2.91.